The SMILES string of the molecule is COc1ccc(C2C=C(c3ccc(OC)cc3OC)Nc3ncnn32)cc1. The summed E-state index contributed by atoms with van der Waals surface area (Å²) in [6, 6.07) is 13.6. The number of hydrogen-bond acceptors (Lipinski definition) is 6. The first-order valence-electron chi connectivity index (χ1n) is 8.48. The molecule has 1 unspecified atom stereocenters. The molecule has 1 atom stereocenters. The summed E-state index contributed by atoms with van der Waals surface area (Å²) in [7, 11) is 4.93. The molecular weight excluding hydrogens is 344 g/mol. The van der Waals surface area contributed by atoms with Crippen LogP contribution >= 0.6 is 0 Å². The van der Waals surface area contributed by atoms with Crippen LogP contribution in [0.3, 0.4) is 0 Å². The molecule has 3 aromatic rings. The predicted molar refractivity (Wildman–Crippen MR) is 102 cm³/mol. The first-order chi connectivity index (χ1) is 13.2. The lowest BCUT2D eigenvalue weighted by atomic mass is 10.0. The molecule has 2 heterocycles. The Labute approximate surface area is 157 Å². The third-order valence-electron chi connectivity index (χ3n) is 4.56. The zero-order valence-corrected chi connectivity index (χ0v) is 15.3. The number of rotatable bonds is 5. The molecule has 0 bridgehead atoms. The Morgan fingerprint density at radius 2 is 1.67 bits per heavy atom. The van der Waals surface area contributed by atoms with Gasteiger partial charge < -0.3 is 19.5 Å². The first-order valence-corrected chi connectivity index (χ1v) is 8.48. The Kier molecular flexibility index (Phi) is 4.42. The molecule has 138 valence electrons. The topological polar surface area (TPSA) is 70.4 Å². The van der Waals surface area contributed by atoms with Crippen molar-refractivity contribution in [1.82, 2.24) is 14.8 Å². The molecule has 0 aliphatic carbocycles. The molecule has 27 heavy (non-hydrogen) atoms. The zero-order chi connectivity index (χ0) is 18.8. The summed E-state index contributed by atoms with van der Waals surface area (Å²) in [5, 5.41) is 7.70. The highest BCUT2D eigenvalue weighted by Gasteiger charge is 2.25. The fourth-order valence-corrected chi connectivity index (χ4v) is 3.15. The highest BCUT2D eigenvalue weighted by Crippen LogP contribution is 2.36. The molecule has 0 radical (unpaired) electrons. The van der Waals surface area contributed by atoms with Gasteiger partial charge in [-0.15, -0.1) is 0 Å². The highest BCUT2D eigenvalue weighted by molar-refractivity contribution is 5.80. The van der Waals surface area contributed by atoms with E-state index in [1.165, 1.54) is 0 Å². The van der Waals surface area contributed by atoms with E-state index in [2.05, 4.69) is 21.5 Å². The zero-order valence-electron chi connectivity index (χ0n) is 15.3. The molecule has 0 fully saturated rings. The molecule has 4 rings (SSSR count). The maximum absolute atomic E-state index is 5.56. The number of aromatic nitrogens is 3. The van der Waals surface area contributed by atoms with Gasteiger partial charge in [0.05, 0.1) is 27.0 Å². The summed E-state index contributed by atoms with van der Waals surface area (Å²) < 4.78 is 18.0. The molecular formula is C20H20N4O3. The quantitative estimate of drug-likeness (QED) is 0.749. The maximum atomic E-state index is 5.56. The average Bonchev–Trinajstić information content (AvgIpc) is 3.21. The number of methoxy groups -OCH3 is 3. The van der Waals surface area contributed by atoms with Gasteiger partial charge >= 0.3 is 0 Å². The molecule has 2 aromatic carbocycles. The average molecular weight is 364 g/mol. The van der Waals surface area contributed by atoms with E-state index in [9.17, 15) is 0 Å². The molecule has 0 saturated carbocycles. The second-order valence-corrected chi connectivity index (χ2v) is 6.02. The van der Waals surface area contributed by atoms with Gasteiger partial charge in [-0.2, -0.15) is 10.1 Å². The van der Waals surface area contributed by atoms with Crippen molar-refractivity contribution in [2.24, 2.45) is 0 Å². The van der Waals surface area contributed by atoms with Crippen LogP contribution in [0.15, 0.2) is 54.9 Å². The van der Waals surface area contributed by atoms with Crippen molar-refractivity contribution in [2.45, 2.75) is 6.04 Å². The van der Waals surface area contributed by atoms with Crippen molar-refractivity contribution in [2.75, 3.05) is 26.6 Å². The number of benzene rings is 2. The van der Waals surface area contributed by atoms with Crippen LogP contribution in [0, 0.1) is 0 Å². The number of nitrogens with one attached hydrogen (secondary N) is 1. The monoisotopic (exact) mass is 364 g/mol. The second kappa shape index (κ2) is 7.03. The number of fused-ring (bicyclic) bond motifs is 1. The lowest BCUT2D eigenvalue weighted by Crippen LogP contribution is -2.20. The van der Waals surface area contributed by atoms with Crippen molar-refractivity contribution >= 4 is 11.6 Å². The van der Waals surface area contributed by atoms with Gasteiger partial charge in [0.1, 0.15) is 29.6 Å². The minimum atomic E-state index is -0.100. The van der Waals surface area contributed by atoms with E-state index in [0.29, 0.717) is 5.95 Å². The van der Waals surface area contributed by atoms with Gasteiger partial charge in [0.15, 0.2) is 0 Å². The molecule has 7 nitrogen and oxygen atoms in total. The summed E-state index contributed by atoms with van der Waals surface area (Å²) in [6.07, 6.45) is 3.65. The third-order valence-corrected chi connectivity index (χ3v) is 4.56. The van der Waals surface area contributed by atoms with Gasteiger partial charge in [-0.25, -0.2) is 4.68 Å². The summed E-state index contributed by atoms with van der Waals surface area (Å²) >= 11 is 0. The molecule has 0 saturated heterocycles. The molecule has 0 spiro atoms. The van der Waals surface area contributed by atoms with E-state index in [1.807, 2.05) is 47.1 Å². The van der Waals surface area contributed by atoms with Crippen LogP contribution in [0.1, 0.15) is 17.2 Å². The van der Waals surface area contributed by atoms with Crippen LogP contribution < -0.4 is 19.5 Å². The second-order valence-electron chi connectivity index (χ2n) is 6.02. The first kappa shape index (κ1) is 17.0. The third kappa shape index (κ3) is 3.08. The fourth-order valence-electron chi connectivity index (χ4n) is 3.15. The van der Waals surface area contributed by atoms with Crippen LogP contribution in [-0.2, 0) is 0 Å². The van der Waals surface area contributed by atoms with Gasteiger partial charge in [-0.3, -0.25) is 0 Å². The number of nitrogens with zero attached hydrogens (tertiary/aromatic N) is 3. The lowest BCUT2D eigenvalue weighted by molar-refractivity contribution is 0.393. The van der Waals surface area contributed by atoms with Crippen LogP contribution in [0.4, 0.5) is 5.95 Å². The van der Waals surface area contributed by atoms with E-state index in [1.54, 1.807) is 27.7 Å². The molecule has 1 aromatic heterocycles. The van der Waals surface area contributed by atoms with E-state index in [-0.39, 0.29) is 6.04 Å². The fraction of sp³-hybridized carbons (Fsp3) is 0.200. The Balaban J connectivity index is 1.79. The van der Waals surface area contributed by atoms with Gasteiger partial charge in [0.2, 0.25) is 5.95 Å². The number of hydrogen-bond donors (Lipinski definition) is 1. The largest absolute Gasteiger partial charge is 0.497 e. The standard InChI is InChI=1S/C20H20N4O3/c1-25-14-6-4-13(5-7-14)18-11-17(23-20-21-12-22-24(18)20)16-9-8-15(26-2)10-19(16)27-3/h4-12,18H,1-3H3,(H,21,22,23). The molecule has 1 aliphatic heterocycles. The smallest absolute Gasteiger partial charge is 0.226 e. The van der Waals surface area contributed by atoms with Crippen LogP contribution in [0.25, 0.3) is 5.70 Å². The highest BCUT2D eigenvalue weighted by atomic mass is 16.5. The van der Waals surface area contributed by atoms with Gasteiger partial charge in [-0.05, 0) is 35.9 Å². The van der Waals surface area contributed by atoms with E-state index in [4.69, 9.17) is 14.2 Å². The van der Waals surface area contributed by atoms with Crippen LogP contribution in [0.2, 0.25) is 0 Å². The summed E-state index contributed by atoms with van der Waals surface area (Å²) in [5.41, 5.74) is 2.90. The Morgan fingerprint density at radius 3 is 2.37 bits per heavy atom. The van der Waals surface area contributed by atoms with Crippen molar-refractivity contribution in [3.63, 3.8) is 0 Å². The van der Waals surface area contributed by atoms with Crippen LogP contribution in [0.5, 0.6) is 17.2 Å². The molecule has 1 N–H and O–H groups in total. The predicted octanol–water partition coefficient (Wildman–Crippen LogP) is 3.36. The normalized spacial score (nSPS) is 15.4. The van der Waals surface area contributed by atoms with Gasteiger partial charge in [0.25, 0.3) is 0 Å². The molecule has 7 heteroatoms. The van der Waals surface area contributed by atoms with Gasteiger partial charge in [-0.1, -0.05) is 12.1 Å². The Morgan fingerprint density at radius 1 is 0.926 bits per heavy atom. The Bertz CT molecular complexity index is 979. The minimum Gasteiger partial charge on any atom is -0.497 e. The minimum absolute atomic E-state index is 0.100. The number of anilines is 1. The van der Waals surface area contributed by atoms with Crippen molar-refractivity contribution in [1.29, 1.82) is 0 Å². The maximum Gasteiger partial charge on any atom is 0.226 e. The van der Waals surface area contributed by atoms with Crippen molar-refractivity contribution in [3.05, 3.63) is 66.0 Å². The summed E-state index contributed by atoms with van der Waals surface area (Å²) in [5.74, 6) is 2.94. The molecule has 0 amide bonds. The molecule has 1 aliphatic rings. The van der Waals surface area contributed by atoms with Gasteiger partial charge in [0, 0.05) is 11.6 Å². The summed E-state index contributed by atoms with van der Waals surface area (Å²) in [4.78, 5) is 4.34. The number of ether oxygens (including phenoxy) is 3. The van der Waals surface area contributed by atoms with E-state index < -0.39 is 0 Å². The van der Waals surface area contributed by atoms with Crippen molar-refractivity contribution in [3.8, 4) is 17.2 Å². The number of allylic oxidation sites excluding steroid dienone is 1. The summed E-state index contributed by atoms with van der Waals surface area (Å²) in [6.45, 7) is 0. The van der Waals surface area contributed by atoms with E-state index in [0.717, 1.165) is 34.1 Å². The Hall–Kier alpha value is -3.48. The lowest BCUT2D eigenvalue weighted by Gasteiger charge is -2.25. The van der Waals surface area contributed by atoms with Crippen molar-refractivity contribution < 1.29 is 14.2 Å². The van der Waals surface area contributed by atoms with E-state index >= 15 is 0 Å². The van der Waals surface area contributed by atoms with Crippen LogP contribution in [-0.4, -0.2) is 36.1 Å².